The third-order valence-electron chi connectivity index (χ3n) is 5.85. The average molecular weight is 452 g/mol. The van der Waals surface area contributed by atoms with E-state index >= 15 is 0 Å². The van der Waals surface area contributed by atoms with Gasteiger partial charge in [-0.1, -0.05) is 29.4 Å². The molecule has 9 heteroatoms. The van der Waals surface area contributed by atoms with E-state index in [0.717, 1.165) is 30.5 Å². The molecule has 0 bridgehead atoms. The first-order valence-corrected chi connectivity index (χ1v) is 10.9. The van der Waals surface area contributed by atoms with E-state index in [9.17, 15) is 14.0 Å². The van der Waals surface area contributed by atoms with Gasteiger partial charge in [-0.2, -0.15) is 4.98 Å². The van der Waals surface area contributed by atoms with E-state index in [-0.39, 0.29) is 24.2 Å². The first-order valence-electron chi connectivity index (χ1n) is 10.9. The van der Waals surface area contributed by atoms with Gasteiger partial charge in [-0.25, -0.2) is 9.18 Å². The Morgan fingerprint density at radius 2 is 2.03 bits per heavy atom. The summed E-state index contributed by atoms with van der Waals surface area (Å²) in [5, 5.41) is 9.09. The van der Waals surface area contributed by atoms with Crippen LogP contribution in [0.3, 0.4) is 0 Å². The number of hydrogen-bond acceptors (Lipinski definition) is 6. The maximum Gasteiger partial charge on any atom is 0.325 e. The first-order chi connectivity index (χ1) is 15.9. The number of carbonyl (C=O) groups excluding carboxylic acids is 2. The van der Waals surface area contributed by atoms with Crippen LogP contribution in [0.25, 0.3) is 11.4 Å². The zero-order chi connectivity index (χ0) is 23.4. The summed E-state index contributed by atoms with van der Waals surface area (Å²) in [4.78, 5) is 31.1. The molecule has 4 rings (SSSR count). The van der Waals surface area contributed by atoms with E-state index in [2.05, 4.69) is 20.8 Å². The summed E-state index contributed by atoms with van der Waals surface area (Å²) < 4.78 is 18.9. The standard InChI is InChI=1S/C24H26FN5O3/c1-15-6-3-10-20(16(15)2)26-24(32)27-21(31)14-30-11-5-8-18(13-30)23-28-22(29-33-23)17-7-4-9-19(25)12-17/h3-4,6-7,9-10,12,18H,5,8,11,13-14H2,1-2H3,(H2,26,27,31,32). The van der Waals surface area contributed by atoms with Crippen LogP contribution in [0.5, 0.6) is 0 Å². The minimum absolute atomic E-state index is 0.0369. The van der Waals surface area contributed by atoms with Gasteiger partial charge in [0.05, 0.1) is 12.5 Å². The van der Waals surface area contributed by atoms with E-state index < -0.39 is 6.03 Å². The second-order valence-corrected chi connectivity index (χ2v) is 8.29. The molecule has 1 atom stereocenters. The Morgan fingerprint density at radius 1 is 1.21 bits per heavy atom. The molecule has 2 heterocycles. The molecule has 0 saturated carbocycles. The Labute approximate surface area is 191 Å². The van der Waals surface area contributed by atoms with Crippen molar-refractivity contribution in [3.05, 3.63) is 65.3 Å². The molecule has 172 valence electrons. The first kappa shape index (κ1) is 22.6. The van der Waals surface area contributed by atoms with Gasteiger partial charge < -0.3 is 9.84 Å². The zero-order valence-corrected chi connectivity index (χ0v) is 18.6. The van der Waals surface area contributed by atoms with E-state index in [0.29, 0.717) is 29.5 Å². The van der Waals surface area contributed by atoms with Gasteiger partial charge in [0.1, 0.15) is 5.82 Å². The summed E-state index contributed by atoms with van der Waals surface area (Å²) in [5.41, 5.74) is 3.23. The SMILES string of the molecule is Cc1cccc(NC(=O)NC(=O)CN2CCCC(c3nc(-c4cccc(F)c4)no3)C2)c1C. The Bertz CT molecular complexity index is 1160. The number of aryl methyl sites for hydroxylation is 1. The number of imide groups is 1. The number of hydrogen-bond donors (Lipinski definition) is 2. The summed E-state index contributed by atoms with van der Waals surface area (Å²) in [6.07, 6.45) is 1.69. The lowest BCUT2D eigenvalue weighted by Crippen LogP contribution is -2.44. The Hall–Kier alpha value is -3.59. The number of halogens is 1. The van der Waals surface area contributed by atoms with Gasteiger partial charge in [0.2, 0.25) is 17.6 Å². The third kappa shape index (κ3) is 5.61. The van der Waals surface area contributed by atoms with Gasteiger partial charge in [-0.15, -0.1) is 0 Å². The fraction of sp³-hybridized carbons (Fsp3) is 0.333. The number of nitrogens with zero attached hydrogens (tertiary/aromatic N) is 3. The van der Waals surface area contributed by atoms with Crippen molar-refractivity contribution in [2.45, 2.75) is 32.6 Å². The third-order valence-corrected chi connectivity index (χ3v) is 5.85. The monoisotopic (exact) mass is 451 g/mol. The van der Waals surface area contributed by atoms with Crippen molar-refractivity contribution in [1.82, 2.24) is 20.4 Å². The van der Waals surface area contributed by atoms with Gasteiger partial charge in [0.15, 0.2) is 0 Å². The zero-order valence-electron chi connectivity index (χ0n) is 18.6. The van der Waals surface area contributed by atoms with Crippen LogP contribution in [0.4, 0.5) is 14.9 Å². The average Bonchev–Trinajstić information content (AvgIpc) is 3.27. The number of piperidine rings is 1. The van der Waals surface area contributed by atoms with Crippen molar-refractivity contribution in [2.75, 3.05) is 25.0 Å². The van der Waals surface area contributed by atoms with Gasteiger partial charge in [-0.3, -0.25) is 15.0 Å². The Balaban J connectivity index is 1.32. The molecule has 3 aromatic rings. The Morgan fingerprint density at radius 3 is 2.85 bits per heavy atom. The molecular formula is C24H26FN5O3. The molecule has 1 unspecified atom stereocenters. The number of aromatic nitrogens is 2. The van der Waals surface area contributed by atoms with Crippen molar-refractivity contribution in [1.29, 1.82) is 0 Å². The van der Waals surface area contributed by atoms with Crippen LogP contribution in [0, 0.1) is 19.7 Å². The van der Waals surface area contributed by atoms with Gasteiger partial charge in [-0.05, 0) is 62.6 Å². The maximum atomic E-state index is 13.5. The topological polar surface area (TPSA) is 100 Å². The second kappa shape index (κ2) is 9.91. The van der Waals surface area contributed by atoms with Crippen LogP contribution in [0.2, 0.25) is 0 Å². The van der Waals surface area contributed by atoms with Crippen molar-refractivity contribution >= 4 is 17.6 Å². The predicted octanol–water partition coefficient (Wildman–Crippen LogP) is 4.02. The van der Waals surface area contributed by atoms with Crippen LogP contribution >= 0.6 is 0 Å². The van der Waals surface area contributed by atoms with Crippen molar-refractivity contribution in [2.24, 2.45) is 0 Å². The molecule has 0 radical (unpaired) electrons. The van der Waals surface area contributed by atoms with E-state index in [4.69, 9.17) is 4.52 Å². The molecule has 0 spiro atoms. The van der Waals surface area contributed by atoms with Crippen molar-refractivity contribution in [3.63, 3.8) is 0 Å². The minimum atomic E-state index is -0.557. The van der Waals surface area contributed by atoms with Gasteiger partial charge >= 0.3 is 6.03 Å². The number of amides is 3. The van der Waals surface area contributed by atoms with Crippen LogP contribution in [0.1, 0.15) is 35.8 Å². The van der Waals surface area contributed by atoms with Crippen molar-refractivity contribution < 1.29 is 18.5 Å². The molecule has 1 aromatic heterocycles. The molecule has 0 aliphatic carbocycles. The molecule has 1 aliphatic rings. The number of benzene rings is 2. The summed E-state index contributed by atoms with van der Waals surface area (Å²) in [6.45, 7) is 5.24. The molecule has 33 heavy (non-hydrogen) atoms. The largest absolute Gasteiger partial charge is 0.339 e. The van der Waals surface area contributed by atoms with Crippen LogP contribution in [-0.4, -0.2) is 46.6 Å². The van der Waals surface area contributed by atoms with Crippen LogP contribution in [-0.2, 0) is 4.79 Å². The number of likely N-dealkylation sites (tertiary alicyclic amines) is 1. The molecule has 1 saturated heterocycles. The molecule has 3 amide bonds. The minimum Gasteiger partial charge on any atom is -0.339 e. The maximum absolute atomic E-state index is 13.5. The molecule has 8 nitrogen and oxygen atoms in total. The highest BCUT2D eigenvalue weighted by Crippen LogP contribution is 2.27. The molecule has 2 N–H and O–H groups in total. The lowest BCUT2D eigenvalue weighted by molar-refractivity contribution is -0.121. The predicted molar refractivity (Wildman–Crippen MR) is 121 cm³/mol. The fourth-order valence-corrected chi connectivity index (χ4v) is 3.96. The summed E-state index contributed by atoms with van der Waals surface area (Å²) in [6, 6.07) is 11.1. The van der Waals surface area contributed by atoms with Gasteiger partial charge in [0, 0.05) is 17.8 Å². The fourth-order valence-electron chi connectivity index (χ4n) is 3.96. The lowest BCUT2D eigenvalue weighted by Gasteiger charge is -2.30. The molecule has 1 fully saturated rings. The van der Waals surface area contributed by atoms with Crippen LogP contribution in [0.15, 0.2) is 47.0 Å². The number of urea groups is 1. The molecule has 2 aromatic carbocycles. The second-order valence-electron chi connectivity index (χ2n) is 8.29. The quantitative estimate of drug-likeness (QED) is 0.608. The Kier molecular flexibility index (Phi) is 6.79. The smallest absolute Gasteiger partial charge is 0.325 e. The number of carbonyl (C=O) groups is 2. The van der Waals surface area contributed by atoms with Gasteiger partial charge in [0.25, 0.3) is 0 Å². The van der Waals surface area contributed by atoms with Crippen LogP contribution < -0.4 is 10.6 Å². The summed E-state index contributed by atoms with van der Waals surface area (Å²) in [7, 11) is 0. The van der Waals surface area contributed by atoms with E-state index in [1.54, 1.807) is 18.2 Å². The number of nitrogens with one attached hydrogen (secondary N) is 2. The lowest BCUT2D eigenvalue weighted by atomic mass is 9.98. The van der Waals surface area contributed by atoms with E-state index in [1.807, 2.05) is 30.9 Å². The van der Waals surface area contributed by atoms with Crippen molar-refractivity contribution in [3.8, 4) is 11.4 Å². The summed E-state index contributed by atoms with van der Waals surface area (Å²) >= 11 is 0. The normalized spacial score (nSPS) is 16.4. The van der Waals surface area contributed by atoms with E-state index in [1.165, 1.54) is 12.1 Å². The highest BCUT2D eigenvalue weighted by molar-refractivity contribution is 6.02. The highest BCUT2D eigenvalue weighted by atomic mass is 19.1. The molecule has 1 aliphatic heterocycles. The highest BCUT2D eigenvalue weighted by Gasteiger charge is 2.27. The number of rotatable bonds is 5. The summed E-state index contributed by atoms with van der Waals surface area (Å²) in [5.74, 6) is 0.0133. The molecular weight excluding hydrogens is 425 g/mol. The number of anilines is 1.